The smallest absolute Gasteiger partial charge is 0.314 e. The van der Waals surface area contributed by atoms with Crippen LogP contribution in [0.3, 0.4) is 0 Å². The highest BCUT2D eigenvalue weighted by molar-refractivity contribution is 9.08. The first kappa shape index (κ1) is 17.0. The average Bonchev–Trinajstić information content (AvgIpc) is 1.66. The first-order valence-electron chi connectivity index (χ1n) is 1.68. The van der Waals surface area contributed by atoms with Crippen LogP contribution in [0.4, 0.5) is 0 Å². The Balaban J connectivity index is -0.0000000787. The molecule has 10 heavy (non-hydrogen) atoms. The van der Waals surface area contributed by atoms with Gasteiger partial charge in [0, 0.05) is 0 Å². The molecule has 66 valence electrons. The molecule has 0 aliphatic carbocycles. The SMILES string of the molecule is CBr.O=[PH](O)O.O=[PH](O)O. The molecule has 0 saturated heterocycles. The van der Waals surface area contributed by atoms with Crippen molar-refractivity contribution in [3.05, 3.63) is 0 Å². The van der Waals surface area contributed by atoms with Crippen LogP contribution in [0.15, 0.2) is 0 Å². The van der Waals surface area contributed by atoms with Crippen LogP contribution in [0, 0.1) is 0 Å². The average molecular weight is 259 g/mol. The second-order valence-corrected chi connectivity index (χ2v) is 1.70. The lowest BCUT2D eigenvalue weighted by atomic mass is 12.0. The van der Waals surface area contributed by atoms with Crippen molar-refractivity contribution in [1.29, 1.82) is 0 Å². The molecule has 0 bridgehead atoms. The third kappa shape index (κ3) is 874. The summed E-state index contributed by atoms with van der Waals surface area (Å²) in [6.07, 6.45) is 0. The highest BCUT2D eigenvalue weighted by Crippen LogP contribution is 1.98. The van der Waals surface area contributed by atoms with Gasteiger partial charge in [-0.05, 0) is 5.83 Å². The van der Waals surface area contributed by atoms with Gasteiger partial charge in [-0.25, -0.2) is 0 Å². The lowest BCUT2D eigenvalue weighted by Gasteiger charge is -1.61. The molecule has 9 heteroatoms. The molecule has 0 unspecified atom stereocenters. The fraction of sp³-hybridized carbons (Fsp3) is 1.00. The zero-order valence-electron chi connectivity index (χ0n) is 4.98. The van der Waals surface area contributed by atoms with Crippen molar-refractivity contribution in [2.45, 2.75) is 0 Å². The summed E-state index contributed by atoms with van der Waals surface area (Å²) in [7, 11) is -6.26. The van der Waals surface area contributed by atoms with Gasteiger partial charge in [-0.15, -0.1) is 0 Å². The van der Waals surface area contributed by atoms with E-state index in [0.29, 0.717) is 0 Å². The van der Waals surface area contributed by atoms with Crippen LogP contribution in [0.25, 0.3) is 0 Å². The molecule has 0 aliphatic rings. The van der Waals surface area contributed by atoms with Gasteiger partial charge in [0.05, 0.1) is 0 Å². The van der Waals surface area contributed by atoms with Crippen LogP contribution in [-0.2, 0) is 9.13 Å². The largest absolute Gasteiger partial charge is 0.326 e. The number of halogens is 1. The number of hydrogen-bond acceptors (Lipinski definition) is 2. The summed E-state index contributed by atoms with van der Waals surface area (Å²) in [6, 6.07) is 0. The Labute approximate surface area is 67.6 Å². The molecule has 0 saturated carbocycles. The monoisotopic (exact) mass is 258 g/mol. The molecule has 0 aromatic heterocycles. The number of rotatable bonds is 0. The van der Waals surface area contributed by atoms with Crippen molar-refractivity contribution >= 4 is 32.4 Å². The molecule has 0 atom stereocenters. The second kappa shape index (κ2) is 16.4. The van der Waals surface area contributed by atoms with Gasteiger partial charge in [-0.2, -0.15) is 0 Å². The first-order valence-corrected chi connectivity index (χ1v) is 5.87. The summed E-state index contributed by atoms with van der Waals surface area (Å²) in [5.41, 5.74) is 0. The van der Waals surface area contributed by atoms with E-state index in [9.17, 15) is 0 Å². The van der Waals surface area contributed by atoms with Crippen molar-refractivity contribution in [2.24, 2.45) is 0 Å². The Kier molecular flexibility index (Phi) is 27.9. The van der Waals surface area contributed by atoms with Gasteiger partial charge < -0.3 is 19.6 Å². The molecule has 0 radical (unpaired) electrons. The molecular formula is CH9BrO6P2. The van der Waals surface area contributed by atoms with Crippen LogP contribution in [0.5, 0.6) is 0 Å². The van der Waals surface area contributed by atoms with E-state index in [2.05, 4.69) is 15.9 Å². The molecule has 0 spiro atoms. The van der Waals surface area contributed by atoms with E-state index < -0.39 is 16.5 Å². The predicted molar refractivity (Wildman–Crippen MR) is 41.7 cm³/mol. The standard InChI is InChI=1S/CH3Br.2H3O3P/c1-2;2*1-4(2)3/h1H3;2*4H,(H2,1,2,3). The number of alkyl halides is 1. The topological polar surface area (TPSA) is 115 Å². The molecule has 0 rings (SSSR count). The fourth-order valence-electron chi connectivity index (χ4n) is 0. The maximum Gasteiger partial charge on any atom is 0.314 e. The van der Waals surface area contributed by atoms with Gasteiger partial charge >= 0.3 is 16.5 Å². The Morgan fingerprint density at radius 2 is 0.900 bits per heavy atom. The third-order valence-corrected chi connectivity index (χ3v) is 0. The summed E-state index contributed by atoms with van der Waals surface area (Å²) in [4.78, 5) is 28.6. The van der Waals surface area contributed by atoms with Crippen LogP contribution >= 0.6 is 32.4 Å². The molecule has 0 fully saturated rings. The van der Waals surface area contributed by atoms with E-state index in [1.165, 1.54) is 0 Å². The quantitative estimate of drug-likeness (QED) is 0.351. The van der Waals surface area contributed by atoms with Crippen LogP contribution < -0.4 is 0 Å². The molecule has 6 nitrogen and oxygen atoms in total. The summed E-state index contributed by atoms with van der Waals surface area (Å²) < 4.78 is 17.5. The minimum atomic E-state index is -3.13. The molecule has 4 N–H and O–H groups in total. The minimum absolute atomic E-state index is 1.81. The van der Waals surface area contributed by atoms with E-state index in [4.69, 9.17) is 28.7 Å². The lowest BCUT2D eigenvalue weighted by molar-refractivity contribution is 0.403. The van der Waals surface area contributed by atoms with Gasteiger partial charge in [0.15, 0.2) is 0 Å². The van der Waals surface area contributed by atoms with E-state index in [1.54, 1.807) is 0 Å². The summed E-state index contributed by atoms with van der Waals surface area (Å²) in [6.45, 7) is 0. The summed E-state index contributed by atoms with van der Waals surface area (Å²) in [5, 5.41) is 0. The van der Waals surface area contributed by atoms with Crippen molar-refractivity contribution in [3.63, 3.8) is 0 Å². The van der Waals surface area contributed by atoms with Crippen LogP contribution in [-0.4, -0.2) is 25.4 Å². The Morgan fingerprint density at radius 1 is 0.900 bits per heavy atom. The maximum absolute atomic E-state index is 8.74. The predicted octanol–water partition coefficient (Wildman–Crippen LogP) is -0.267. The zero-order chi connectivity index (χ0) is 9.15. The summed E-state index contributed by atoms with van der Waals surface area (Å²) >= 11 is 2.94. The molecule has 0 heterocycles. The van der Waals surface area contributed by atoms with E-state index >= 15 is 0 Å². The summed E-state index contributed by atoms with van der Waals surface area (Å²) in [5.74, 6) is 1.81. The van der Waals surface area contributed by atoms with Gasteiger partial charge in [-0.1, -0.05) is 15.9 Å². The maximum atomic E-state index is 8.74. The molecule has 0 aliphatic heterocycles. The Bertz CT molecular complexity index is 73.7. The van der Waals surface area contributed by atoms with E-state index in [1.807, 2.05) is 5.83 Å². The van der Waals surface area contributed by atoms with Gasteiger partial charge in [0.2, 0.25) is 0 Å². The minimum Gasteiger partial charge on any atom is -0.326 e. The van der Waals surface area contributed by atoms with Crippen molar-refractivity contribution in [3.8, 4) is 0 Å². The van der Waals surface area contributed by atoms with E-state index in [-0.39, 0.29) is 0 Å². The van der Waals surface area contributed by atoms with Crippen molar-refractivity contribution in [2.75, 3.05) is 5.83 Å². The van der Waals surface area contributed by atoms with Crippen molar-refractivity contribution < 1.29 is 28.7 Å². The Morgan fingerprint density at radius 3 is 0.900 bits per heavy atom. The van der Waals surface area contributed by atoms with Gasteiger partial charge in [0.25, 0.3) is 0 Å². The van der Waals surface area contributed by atoms with Crippen LogP contribution in [0.2, 0.25) is 0 Å². The third-order valence-electron chi connectivity index (χ3n) is 0. The highest BCUT2D eigenvalue weighted by Gasteiger charge is 1.62. The fourth-order valence-corrected chi connectivity index (χ4v) is 0. The Hall–Kier alpha value is 0.780. The molecule has 0 aromatic carbocycles. The normalized spacial score (nSPS) is 7.60. The molecular weight excluding hydrogens is 250 g/mol. The van der Waals surface area contributed by atoms with E-state index in [0.717, 1.165) is 0 Å². The van der Waals surface area contributed by atoms with Crippen molar-refractivity contribution in [1.82, 2.24) is 0 Å². The van der Waals surface area contributed by atoms with Gasteiger partial charge in [0.1, 0.15) is 0 Å². The van der Waals surface area contributed by atoms with Gasteiger partial charge in [-0.3, -0.25) is 9.13 Å². The molecule has 0 amide bonds. The first-order chi connectivity index (χ1) is 4.46. The lowest BCUT2D eigenvalue weighted by Crippen LogP contribution is -1.38. The molecule has 0 aromatic rings. The van der Waals surface area contributed by atoms with Crippen LogP contribution in [0.1, 0.15) is 0 Å². The zero-order valence-corrected chi connectivity index (χ0v) is 8.57. The second-order valence-electron chi connectivity index (χ2n) is 0.565. The number of hydrogen-bond donors (Lipinski definition) is 4. The highest BCUT2D eigenvalue weighted by atomic mass is 79.9.